The van der Waals surface area contributed by atoms with Crippen molar-refractivity contribution in [3.8, 4) is 12.0 Å². The standard InChI is InChI=1S/C42H35N15O21S6.6Na/c1-17-11-22(79(61,62)63)5-7-24(17)46-39-48-37(50-41(59)52-39)44-20-3-9-28(81(67,68)69)26(15-20)54-56-34-30(83(73,74)75)13-19-14-31(84(76,77)78)35(36(58)32(19)33(34)43)57-55-27-16-21(4-10-29(27)82(70,71)72)45-38-49-40(53-42(60)51-38)47-25-8-6-23(12-18(25)2)80(64,65)66;;;;;;/h3-16,55H,43H2,1-2H3,(H,61,62,63)(H,64,65,66)(H,67,68,69)(H,70,71,72)(H,73,74,75)(H,76,77,78)(H3,44,46,48,50,52,59)(H3,45,47,49,51,53,60);;;;;;/q;6*+1/p-6/b56-54?,57-35+;;;;;;. The number of anilines is 6. The molecule has 0 atom stereocenters. The van der Waals surface area contributed by atoms with Crippen LogP contribution in [0.5, 0.6) is 12.0 Å². The Hall–Kier alpha value is -3.34. The fourth-order valence-corrected chi connectivity index (χ4v) is 11.0. The third kappa shape index (κ3) is 20.3. The van der Waals surface area contributed by atoms with E-state index in [0.717, 1.165) is 42.5 Å². The quantitative estimate of drug-likeness (QED) is 0.0146. The summed E-state index contributed by atoms with van der Waals surface area (Å²) >= 11 is 0. The van der Waals surface area contributed by atoms with E-state index in [1.165, 1.54) is 26.0 Å². The van der Waals surface area contributed by atoms with Gasteiger partial charge >= 0.3 is 177 Å². The van der Waals surface area contributed by atoms with Crippen LogP contribution in [0.2, 0.25) is 0 Å². The number of aromatic nitrogens is 6. The van der Waals surface area contributed by atoms with E-state index in [1.54, 1.807) is 0 Å². The van der Waals surface area contributed by atoms with Gasteiger partial charge in [-0.05, 0) is 115 Å². The SMILES string of the molecule is Cc1cc(S(=O)(=O)[O-])ccc1Nc1nc(=Nc2ccc(S(=O)(=O)[O-])c(N=Nc3c(S(=O)(=O)O)cc4c(c3N)C(=O)/C(=N/Nc3cc(N=c5nc([O-])[nH]c(Nc6ccc(S(=O)(=O)[O-])cc6C)n5)ccc3S(=O)(=O)[O-])C(S(=O)(=O)O)=C4)c2)nc([O-])[nH]1.[Na+].[Na+].[Na+].[Na+].[Na+].[Na+]. The molecule has 5 aromatic carbocycles. The first-order chi connectivity index (χ1) is 38.8. The third-order valence-corrected chi connectivity index (χ3v) is 16.2. The molecule has 0 spiro atoms. The van der Waals surface area contributed by atoms with Gasteiger partial charge in [-0.1, -0.05) is 0 Å². The number of nitrogen functional groups attached to an aromatic ring is 1. The van der Waals surface area contributed by atoms with Crippen molar-refractivity contribution < 1.29 is 270 Å². The van der Waals surface area contributed by atoms with E-state index in [9.17, 15) is 92.8 Å². The molecule has 48 heteroatoms. The normalized spacial score (nSPS) is 13.4. The second-order valence-electron chi connectivity index (χ2n) is 16.8. The van der Waals surface area contributed by atoms with E-state index in [2.05, 4.69) is 65.9 Å². The molecule has 90 heavy (non-hydrogen) atoms. The predicted octanol–water partition coefficient (Wildman–Crippen LogP) is -17.6. The maximum atomic E-state index is 14.3. The Balaban J connectivity index is 0.00000460. The van der Waals surface area contributed by atoms with Crippen LogP contribution in [-0.4, -0.2) is 119 Å². The molecule has 7 aromatic rings. The molecule has 0 aliphatic heterocycles. The summed E-state index contributed by atoms with van der Waals surface area (Å²) in [5.41, 5.74) is -0.496. The van der Waals surface area contributed by atoms with Crippen LogP contribution in [0.4, 0.5) is 57.4 Å². The van der Waals surface area contributed by atoms with E-state index in [0.29, 0.717) is 30.3 Å². The Labute approximate surface area is 641 Å². The van der Waals surface area contributed by atoms with Gasteiger partial charge in [0.15, 0.2) is 5.71 Å². The Kier molecular flexibility index (Phi) is 29.4. The number of carbonyl (C=O) groups excluding carboxylic acids is 1. The summed E-state index contributed by atoms with van der Waals surface area (Å²) in [6, 6.07) is 8.99. The molecule has 1 aliphatic carbocycles. The number of allylic oxidation sites excluding steroid dienone is 1. The van der Waals surface area contributed by atoms with Gasteiger partial charge in [0.1, 0.15) is 61.6 Å². The molecule has 440 valence electrons. The van der Waals surface area contributed by atoms with Crippen LogP contribution in [-0.2, 0) is 60.7 Å². The van der Waals surface area contributed by atoms with Crippen molar-refractivity contribution in [3.63, 3.8) is 0 Å². The molecule has 0 amide bonds. The van der Waals surface area contributed by atoms with E-state index in [-0.39, 0.29) is 217 Å². The summed E-state index contributed by atoms with van der Waals surface area (Å²) in [5.74, 6) is -2.39. The maximum absolute atomic E-state index is 14.3. The largest absolute Gasteiger partial charge is 1.00 e. The number of rotatable bonds is 16. The molecule has 0 saturated heterocycles. The minimum Gasteiger partial charge on any atom is -0.846 e. The number of nitrogens with zero attached hydrogens (tertiary/aromatic N) is 9. The number of hydrogen-bond acceptors (Lipinski definition) is 32. The van der Waals surface area contributed by atoms with Gasteiger partial charge < -0.3 is 54.8 Å². The summed E-state index contributed by atoms with van der Waals surface area (Å²) in [5, 5.41) is 41.2. The van der Waals surface area contributed by atoms with Crippen LogP contribution in [0, 0.1) is 13.8 Å². The number of fused-ring (bicyclic) bond motifs is 1. The van der Waals surface area contributed by atoms with Crippen LogP contribution < -0.4 is 221 Å². The summed E-state index contributed by atoms with van der Waals surface area (Å²) in [6.45, 7) is 2.81. The van der Waals surface area contributed by atoms with Crippen molar-refractivity contribution in [2.24, 2.45) is 25.3 Å². The van der Waals surface area contributed by atoms with Crippen LogP contribution in [0.25, 0.3) is 6.08 Å². The first kappa shape index (κ1) is 82.8. The smallest absolute Gasteiger partial charge is 0.846 e. The number of nitrogens with one attached hydrogen (secondary N) is 5. The molecule has 1 aliphatic rings. The molecule has 8 rings (SSSR count). The van der Waals surface area contributed by atoms with Crippen LogP contribution >= 0.6 is 0 Å². The van der Waals surface area contributed by atoms with Crippen molar-refractivity contribution in [1.82, 2.24) is 29.9 Å². The van der Waals surface area contributed by atoms with Crippen LogP contribution in [0.15, 0.2) is 134 Å². The molecule has 9 N–H and O–H groups in total. The first-order valence-electron chi connectivity index (χ1n) is 22.0. The van der Waals surface area contributed by atoms with Crippen LogP contribution in [0.3, 0.4) is 0 Å². The molecule has 0 bridgehead atoms. The number of ketones is 1. The number of hydrogen-bond donors (Lipinski definition) is 8. The fraction of sp³-hybridized carbons (Fsp3) is 0.0476. The summed E-state index contributed by atoms with van der Waals surface area (Å²) in [6.07, 6.45) is 0.399. The molecule has 0 fully saturated rings. The molecule has 2 aromatic heterocycles. The summed E-state index contributed by atoms with van der Waals surface area (Å²) in [7, 11) is -32.0. The molecular weight excluding hydrogens is 1380 g/mol. The van der Waals surface area contributed by atoms with Crippen molar-refractivity contribution in [1.29, 1.82) is 0 Å². The number of azo groups is 1. The van der Waals surface area contributed by atoms with Crippen molar-refractivity contribution in [2.45, 2.75) is 38.3 Å². The predicted molar refractivity (Wildman–Crippen MR) is 276 cm³/mol. The number of Topliss-reactive ketones (excluding diaryl/α,β-unsaturated/α-hetero) is 1. The monoisotopic (exact) mass is 1410 g/mol. The Morgan fingerprint density at radius 3 is 1.41 bits per heavy atom. The van der Waals surface area contributed by atoms with E-state index in [1.807, 2.05) is 5.43 Å². The average Bonchev–Trinajstić information content (AvgIpc) is 0.906. The fourth-order valence-electron chi connectivity index (χ4n) is 7.39. The van der Waals surface area contributed by atoms with Gasteiger partial charge in [-0.3, -0.25) is 19.3 Å². The molecule has 0 saturated carbocycles. The molecule has 2 heterocycles. The molecular formula is C42H29N15Na6O21S6. The number of nitrogens with two attached hydrogens (primary N) is 1. The zero-order chi connectivity index (χ0) is 61.8. The van der Waals surface area contributed by atoms with Gasteiger partial charge in [-0.25, -0.2) is 53.6 Å². The number of H-pyrrole nitrogens is 2. The average molecular weight is 1410 g/mol. The third-order valence-electron chi connectivity index (χ3n) is 11.1. The van der Waals surface area contributed by atoms with Crippen molar-refractivity contribution in [3.05, 3.63) is 117 Å². The van der Waals surface area contributed by atoms with Crippen molar-refractivity contribution in [2.75, 3.05) is 21.8 Å². The number of aryl methyl sites for hydroxylation is 2. The van der Waals surface area contributed by atoms with Gasteiger partial charge in [0.05, 0.1) is 59.9 Å². The summed E-state index contributed by atoms with van der Waals surface area (Å²) in [4.78, 5) is 35.6. The minimum atomic E-state index is -5.65. The van der Waals surface area contributed by atoms with E-state index >= 15 is 0 Å². The Morgan fingerprint density at radius 1 is 0.533 bits per heavy atom. The van der Waals surface area contributed by atoms with Gasteiger partial charge in [0, 0.05) is 11.4 Å². The van der Waals surface area contributed by atoms with E-state index < -0.39 is 164 Å². The Bertz CT molecular complexity index is 5010. The molecule has 0 radical (unpaired) electrons. The Morgan fingerprint density at radius 2 is 0.989 bits per heavy atom. The van der Waals surface area contributed by atoms with Crippen LogP contribution in [0.1, 0.15) is 27.0 Å². The topological polar surface area (TPSA) is 608 Å². The first-order valence-corrected chi connectivity index (χ1v) is 30.6. The number of aromatic amines is 2. The van der Waals surface area contributed by atoms with Gasteiger partial charge in [0.2, 0.25) is 17.7 Å². The zero-order valence-corrected chi connectivity index (χ0v) is 64.2. The summed E-state index contributed by atoms with van der Waals surface area (Å²) < 4.78 is 215. The number of benzene rings is 5. The zero-order valence-electron chi connectivity index (χ0n) is 47.3. The molecule has 36 nitrogen and oxygen atoms in total. The maximum Gasteiger partial charge on any atom is 1.00 e. The van der Waals surface area contributed by atoms with Gasteiger partial charge in [0.25, 0.3) is 31.5 Å². The second kappa shape index (κ2) is 31.9. The van der Waals surface area contributed by atoms with Gasteiger partial charge in [-0.15, -0.1) is 10.2 Å². The van der Waals surface area contributed by atoms with E-state index in [4.69, 9.17) is 5.73 Å². The van der Waals surface area contributed by atoms with Crippen molar-refractivity contribution >= 4 is 136 Å². The minimum absolute atomic E-state index is 0. The second-order valence-corrected chi connectivity index (χ2v) is 25.1. The number of hydrazone groups is 1. The number of carbonyl (C=O) groups is 1. The van der Waals surface area contributed by atoms with Gasteiger partial charge in [-0.2, -0.15) is 31.9 Å². The molecule has 0 unspecified atom stereocenters.